The van der Waals surface area contributed by atoms with E-state index in [9.17, 15) is 5.11 Å². The van der Waals surface area contributed by atoms with Crippen LogP contribution in [-0.2, 0) is 4.74 Å². The van der Waals surface area contributed by atoms with Gasteiger partial charge in [-0.25, -0.2) is 0 Å². The van der Waals surface area contributed by atoms with Crippen molar-refractivity contribution in [1.29, 1.82) is 0 Å². The number of aliphatic hydroxyl groups is 1. The van der Waals surface area contributed by atoms with Gasteiger partial charge in [0.25, 0.3) is 0 Å². The second-order valence-electron chi connectivity index (χ2n) is 4.29. The van der Waals surface area contributed by atoms with E-state index in [2.05, 4.69) is 19.9 Å². The van der Waals surface area contributed by atoms with Crippen LogP contribution in [-0.4, -0.2) is 23.4 Å². The summed E-state index contributed by atoms with van der Waals surface area (Å²) in [6.07, 6.45) is 4.61. The molecular formula is C11H20O2. The quantitative estimate of drug-likeness (QED) is 0.682. The zero-order chi connectivity index (χ0) is 9.90. The summed E-state index contributed by atoms with van der Waals surface area (Å²) in [5, 5.41) is 9.67. The maximum Gasteiger partial charge on any atom is 0.0916 e. The topological polar surface area (TPSA) is 29.5 Å². The smallest absolute Gasteiger partial charge is 0.0916 e. The fourth-order valence-electron chi connectivity index (χ4n) is 1.69. The Morgan fingerprint density at radius 2 is 2.31 bits per heavy atom. The van der Waals surface area contributed by atoms with Crippen LogP contribution in [0.5, 0.6) is 0 Å². The molecule has 0 amide bonds. The Morgan fingerprint density at radius 3 is 2.77 bits per heavy atom. The second-order valence-corrected chi connectivity index (χ2v) is 4.29. The summed E-state index contributed by atoms with van der Waals surface area (Å²) in [6.45, 7) is 6.89. The van der Waals surface area contributed by atoms with E-state index < -0.39 is 0 Å². The predicted octanol–water partition coefficient (Wildman–Crippen LogP) is 2.27. The Labute approximate surface area is 80.6 Å². The van der Waals surface area contributed by atoms with Crippen molar-refractivity contribution in [1.82, 2.24) is 0 Å². The third-order valence-electron chi connectivity index (χ3n) is 2.72. The molecular weight excluding hydrogens is 164 g/mol. The van der Waals surface area contributed by atoms with Crippen molar-refractivity contribution in [3.05, 3.63) is 11.6 Å². The molecule has 2 heteroatoms. The molecule has 0 radical (unpaired) electrons. The maximum absolute atomic E-state index is 9.67. The first-order valence-electron chi connectivity index (χ1n) is 5.00. The third-order valence-corrected chi connectivity index (χ3v) is 2.72. The fourth-order valence-corrected chi connectivity index (χ4v) is 1.69. The summed E-state index contributed by atoms with van der Waals surface area (Å²) in [5.74, 6) is 0. The minimum Gasteiger partial charge on any atom is -0.390 e. The number of allylic oxidation sites excluding steroid dienone is 2. The van der Waals surface area contributed by atoms with Gasteiger partial charge in [-0.15, -0.1) is 0 Å². The predicted molar refractivity (Wildman–Crippen MR) is 53.6 cm³/mol. The highest BCUT2D eigenvalue weighted by molar-refractivity contribution is 4.96. The standard InChI is InChI=1S/C11H20O2/c1-9(2)5-4-7-11(3)10(12)6-8-13-11/h5,10,12H,4,6-8H2,1-3H3. The van der Waals surface area contributed by atoms with Crippen LogP contribution in [0.2, 0.25) is 0 Å². The average molecular weight is 184 g/mol. The minimum atomic E-state index is -0.300. The van der Waals surface area contributed by atoms with E-state index in [4.69, 9.17) is 4.74 Å². The first kappa shape index (κ1) is 10.7. The van der Waals surface area contributed by atoms with E-state index in [1.165, 1.54) is 5.57 Å². The van der Waals surface area contributed by atoms with E-state index in [0.29, 0.717) is 6.61 Å². The number of hydrogen-bond acceptors (Lipinski definition) is 2. The van der Waals surface area contributed by atoms with Gasteiger partial charge in [-0.05, 0) is 40.0 Å². The van der Waals surface area contributed by atoms with Crippen LogP contribution < -0.4 is 0 Å². The van der Waals surface area contributed by atoms with Gasteiger partial charge in [-0.2, -0.15) is 0 Å². The van der Waals surface area contributed by atoms with Crippen molar-refractivity contribution in [3.8, 4) is 0 Å². The molecule has 2 unspecified atom stereocenters. The van der Waals surface area contributed by atoms with Crippen molar-refractivity contribution >= 4 is 0 Å². The highest BCUT2D eigenvalue weighted by atomic mass is 16.5. The summed E-state index contributed by atoms with van der Waals surface area (Å²) in [5.41, 5.74) is 1.03. The third kappa shape index (κ3) is 2.82. The lowest BCUT2D eigenvalue weighted by molar-refractivity contribution is -0.0484. The van der Waals surface area contributed by atoms with Crippen LogP contribution in [0.1, 0.15) is 40.0 Å². The molecule has 1 fully saturated rings. The molecule has 1 saturated heterocycles. The van der Waals surface area contributed by atoms with E-state index in [-0.39, 0.29) is 11.7 Å². The first-order chi connectivity index (χ1) is 6.04. The summed E-state index contributed by atoms with van der Waals surface area (Å²) in [4.78, 5) is 0. The van der Waals surface area contributed by atoms with Crippen LogP contribution >= 0.6 is 0 Å². The average Bonchev–Trinajstić information content (AvgIpc) is 2.32. The summed E-state index contributed by atoms with van der Waals surface area (Å²) in [7, 11) is 0. The molecule has 76 valence electrons. The fraction of sp³-hybridized carbons (Fsp3) is 0.818. The van der Waals surface area contributed by atoms with Crippen molar-refractivity contribution in [2.75, 3.05) is 6.61 Å². The van der Waals surface area contributed by atoms with Gasteiger partial charge in [0.15, 0.2) is 0 Å². The molecule has 0 aliphatic carbocycles. The molecule has 0 aromatic heterocycles. The van der Waals surface area contributed by atoms with Gasteiger partial charge >= 0.3 is 0 Å². The van der Waals surface area contributed by atoms with Crippen LogP contribution in [0.25, 0.3) is 0 Å². The highest BCUT2D eigenvalue weighted by Gasteiger charge is 2.37. The number of aliphatic hydroxyl groups excluding tert-OH is 1. The lowest BCUT2D eigenvalue weighted by atomic mass is 9.93. The zero-order valence-corrected chi connectivity index (χ0v) is 8.84. The van der Waals surface area contributed by atoms with Crippen molar-refractivity contribution in [3.63, 3.8) is 0 Å². The Hall–Kier alpha value is -0.340. The van der Waals surface area contributed by atoms with Gasteiger partial charge in [0.2, 0.25) is 0 Å². The Kier molecular flexibility index (Phi) is 3.51. The van der Waals surface area contributed by atoms with E-state index in [0.717, 1.165) is 19.3 Å². The second kappa shape index (κ2) is 4.25. The summed E-state index contributed by atoms with van der Waals surface area (Å²) < 4.78 is 5.56. The molecule has 0 spiro atoms. The van der Waals surface area contributed by atoms with Gasteiger partial charge in [-0.3, -0.25) is 0 Å². The largest absolute Gasteiger partial charge is 0.390 e. The monoisotopic (exact) mass is 184 g/mol. The SMILES string of the molecule is CC(C)=CCCC1(C)OCCC1O. The molecule has 13 heavy (non-hydrogen) atoms. The van der Waals surface area contributed by atoms with Gasteiger partial charge in [0, 0.05) is 0 Å². The number of hydrogen-bond donors (Lipinski definition) is 1. The van der Waals surface area contributed by atoms with Crippen molar-refractivity contribution < 1.29 is 9.84 Å². The molecule has 1 aliphatic rings. The van der Waals surface area contributed by atoms with Gasteiger partial charge in [0.05, 0.1) is 18.3 Å². The molecule has 0 aromatic carbocycles. The Balaban J connectivity index is 2.39. The Morgan fingerprint density at radius 1 is 1.62 bits per heavy atom. The molecule has 1 heterocycles. The van der Waals surface area contributed by atoms with Crippen LogP contribution in [0.3, 0.4) is 0 Å². The summed E-state index contributed by atoms with van der Waals surface area (Å²) >= 11 is 0. The van der Waals surface area contributed by atoms with E-state index in [1.54, 1.807) is 0 Å². The zero-order valence-electron chi connectivity index (χ0n) is 8.84. The van der Waals surface area contributed by atoms with E-state index >= 15 is 0 Å². The van der Waals surface area contributed by atoms with Crippen molar-refractivity contribution in [2.45, 2.75) is 51.7 Å². The first-order valence-corrected chi connectivity index (χ1v) is 5.00. The minimum absolute atomic E-state index is 0.280. The normalized spacial score (nSPS) is 33.4. The maximum atomic E-state index is 9.67. The lowest BCUT2D eigenvalue weighted by Crippen LogP contribution is -2.35. The van der Waals surface area contributed by atoms with Crippen LogP contribution in [0.4, 0.5) is 0 Å². The van der Waals surface area contributed by atoms with Gasteiger partial charge < -0.3 is 9.84 Å². The molecule has 0 saturated carbocycles. The molecule has 2 atom stereocenters. The molecule has 1 aliphatic heterocycles. The molecule has 0 bridgehead atoms. The van der Waals surface area contributed by atoms with Crippen LogP contribution in [0, 0.1) is 0 Å². The number of rotatable bonds is 3. The lowest BCUT2D eigenvalue weighted by Gasteiger charge is -2.26. The van der Waals surface area contributed by atoms with Crippen molar-refractivity contribution in [2.24, 2.45) is 0 Å². The van der Waals surface area contributed by atoms with Gasteiger partial charge in [0.1, 0.15) is 0 Å². The molecule has 0 aromatic rings. The number of ether oxygens (including phenoxy) is 1. The van der Waals surface area contributed by atoms with Crippen LogP contribution in [0.15, 0.2) is 11.6 Å². The Bertz CT molecular complexity index is 194. The molecule has 2 nitrogen and oxygen atoms in total. The highest BCUT2D eigenvalue weighted by Crippen LogP contribution is 2.30. The molecule has 1 N–H and O–H groups in total. The molecule has 1 rings (SSSR count). The summed E-state index contributed by atoms with van der Waals surface area (Å²) in [6, 6.07) is 0. The van der Waals surface area contributed by atoms with Gasteiger partial charge in [-0.1, -0.05) is 11.6 Å². The van der Waals surface area contributed by atoms with E-state index in [1.807, 2.05) is 6.92 Å².